The first-order valence-electron chi connectivity index (χ1n) is 11.0. The van der Waals surface area contributed by atoms with Gasteiger partial charge in [-0.2, -0.15) is 0 Å². The summed E-state index contributed by atoms with van der Waals surface area (Å²) < 4.78 is 2.30. The van der Waals surface area contributed by atoms with E-state index in [4.69, 9.17) is 4.98 Å². The summed E-state index contributed by atoms with van der Waals surface area (Å²) in [6.45, 7) is 1.32. The third kappa shape index (κ3) is 2.88. The summed E-state index contributed by atoms with van der Waals surface area (Å²) in [7, 11) is 0. The van der Waals surface area contributed by atoms with Crippen LogP contribution in [0.1, 0.15) is 41.0 Å². The van der Waals surface area contributed by atoms with Crippen molar-refractivity contribution in [3.05, 3.63) is 65.5 Å². The van der Waals surface area contributed by atoms with Gasteiger partial charge in [0.05, 0.1) is 11.4 Å². The summed E-state index contributed by atoms with van der Waals surface area (Å²) in [4.78, 5) is 43.4. The summed E-state index contributed by atoms with van der Waals surface area (Å²) in [5.74, 6) is 0.274. The van der Waals surface area contributed by atoms with Crippen molar-refractivity contribution in [2.75, 3.05) is 0 Å². The molecule has 1 saturated heterocycles. The van der Waals surface area contributed by atoms with Gasteiger partial charge in [-0.05, 0) is 30.5 Å². The van der Waals surface area contributed by atoms with E-state index in [1.807, 2.05) is 36.4 Å². The van der Waals surface area contributed by atoms with Gasteiger partial charge < -0.3 is 9.47 Å². The van der Waals surface area contributed by atoms with E-state index in [0.717, 1.165) is 53.3 Å². The Hall–Kier alpha value is -3.74. The predicted molar refractivity (Wildman–Crippen MR) is 117 cm³/mol. The number of piperidine rings is 1. The molecule has 2 aromatic carbocycles. The van der Waals surface area contributed by atoms with Crippen molar-refractivity contribution >= 4 is 17.7 Å². The molecule has 1 unspecified atom stereocenters. The monoisotopic (exact) mass is 426 g/mol. The van der Waals surface area contributed by atoms with E-state index >= 15 is 0 Å². The van der Waals surface area contributed by atoms with Crippen LogP contribution in [0.3, 0.4) is 0 Å². The molecule has 3 aromatic rings. The number of amides is 3. The number of carbonyl (C=O) groups is 3. The van der Waals surface area contributed by atoms with Gasteiger partial charge in [-0.15, -0.1) is 0 Å². The normalized spacial score (nSPS) is 19.8. The molecule has 1 aromatic heterocycles. The van der Waals surface area contributed by atoms with Gasteiger partial charge in [0.25, 0.3) is 5.91 Å². The van der Waals surface area contributed by atoms with Crippen LogP contribution in [0.4, 0.5) is 0 Å². The molecule has 3 aliphatic heterocycles. The number of rotatable bonds is 3. The fraction of sp³-hybridized carbons (Fsp3) is 0.280. The van der Waals surface area contributed by atoms with E-state index in [2.05, 4.69) is 22.0 Å². The number of imidazole rings is 1. The fourth-order valence-electron chi connectivity index (χ4n) is 5.14. The van der Waals surface area contributed by atoms with Crippen LogP contribution < -0.4 is 5.32 Å². The second-order valence-electron chi connectivity index (χ2n) is 8.62. The van der Waals surface area contributed by atoms with E-state index in [1.165, 1.54) is 0 Å². The first-order valence-corrected chi connectivity index (χ1v) is 11.0. The molecular weight excluding hydrogens is 404 g/mol. The molecule has 0 spiro atoms. The summed E-state index contributed by atoms with van der Waals surface area (Å²) in [6, 6.07) is 15.5. The van der Waals surface area contributed by atoms with Crippen molar-refractivity contribution in [1.29, 1.82) is 0 Å². The zero-order valence-corrected chi connectivity index (χ0v) is 17.5. The molecule has 7 heteroatoms. The van der Waals surface area contributed by atoms with Gasteiger partial charge in [0.15, 0.2) is 0 Å². The molecule has 4 heterocycles. The maximum absolute atomic E-state index is 13.0. The van der Waals surface area contributed by atoms with E-state index < -0.39 is 6.04 Å². The molecule has 7 nitrogen and oxygen atoms in total. The van der Waals surface area contributed by atoms with Gasteiger partial charge in [-0.1, -0.05) is 36.4 Å². The predicted octanol–water partition coefficient (Wildman–Crippen LogP) is 2.92. The molecule has 3 amide bonds. The largest absolute Gasteiger partial charge is 0.327 e. The second kappa shape index (κ2) is 7.15. The van der Waals surface area contributed by atoms with Crippen molar-refractivity contribution in [2.24, 2.45) is 0 Å². The van der Waals surface area contributed by atoms with Gasteiger partial charge in [0.2, 0.25) is 11.8 Å². The number of nitrogens with zero attached hydrogens (tertiary/aromatic N) is 3. The lowest BCUT2D eigenvalue weighted by molar-refractivity contribution is -0.136. The highest BCUT2D eigenvalue weighted by atomic mass is 16.2. The van der Waals surface area contributed by atoms with Gasteiger partial charge in [0.1, 0.15) is 11.9 Å². The Bertz CT molecular complexity index is 1280. The SMILES string of the molecule is O=C1CCC(N2Cc3cc(-c4nc5n(c4-c4ccccc4)CCC5)ccc3C2=O)C(=O)N1. The number of hydrogen-bond donors (Lipinski definition) is 1. The molecule has 32 heavy (non-hydrogen) atoms. The fourth-order valence-corrected chi connectivity index (χ4v) is 5.14. The number of aryl methyl sites for hydroxylation is 1. The number of aromatic nitrogens is 2. The number of nitrogens with one attached hydrogen (secondary N) is 1. The van der Waals surface area contributed by atoms with Gasteiger partial charge in [-0.25, -0.2) is 4.98 Å². The summed E-state index contributed by atoms with van der Waals surface area (Å²) >= 11 is 0. The Balaban J connectivity index is 1.38. The Kier molecular flexibility index (Phi) is 4.24. The van der Waals surface area contributed by atoms with E-state index in [9.17, 15) is 14.4 Å². The van der Waals surface area contributed by atoms with Crippen LogP contribution in [0.15, 0.2) is 48.5 Å². The van der Waals surface area contributed by atoms with Crippen molar-refractivity contribution < 1.29 is 14.4 Å². The van der Waals surface area contributed by atoms with Crippen LogP contribution >= 0.6 is 0 Å². The topological polar surface area (TPSA) is 84.3 Å². The van der Waals surface area contributed by atoms with Gasteiger partial charge in [-0.3, -0.25) is 19.7 Å². The summed E-state index contributed by atoms with van der Waals surface area (Å²) in [5, 5.41) is 2.35. The molecule has 1 N–H and O–H groups in total. The van der Waals surface area contributed by atoms with Crippen molar-refractivity contribution in [2.45, 2.75) is 44.8 Å². The Labute approximate surface area is 185 Å². The summed E-state index contributed by atoms with van der Waals surface area (Å²) in [6.07, 6.45) is 2.68. The number of fused-ring (bicyclic) bond motifs is 2. The van der Waals surface area contributed by atoms with E-state index in [-0.39, 0.29) is 24.1 Å². The molecule has 3 aliphatic rings. The lowest BCUT2D eigenvalue weighted by atomic mass is 10.0. The zero-order valence-electron chi connectivity index (χ0n) is 17.5. The average molecular weight is 426 g/mol. The van der Waals surface area contributed by atoms with Crippen LogP contribution in [0.5, 0.6) is 0 Å². The lowest BCUT2D eigenvalue weighted by Gasteiger charge is -2.29. The van der Waals surface area contributed by atoms with E-state index in [1.54, 1.807) is 4.90 Å². The molecule has 6 rings (SSSR count). The molecule has 1 fully saturated rings. The highest BCUT2D eigenvalue weighted by Gasteiger charge is 2.39. The number of hydrogen-bond acceptors (Lipinski definition) is 4. The third-order valence-electron chi connectivity index (χ3n) is 6.67. The number of benzene rings is 2. The highest BCUT2D eigenvalue weighted by Crippen LogP contribution is 2.37. The van der Waals surface area contributed by atoms with Crippen molar-refractivity contribution in [3.8, 4) is 22.5 Å². The Morgan fingerprint density at radius 2 is 1.81 bits per heavy atom. The maximum atomic E-state index is 13.0. The maximum Gasteiger partial charge on any atom is 0.255 e. The smallest absolute Gasteiger partial charge is 0.255 e. The molecule has 0 radical (unpaired) electrons. The van der Waals surface area contributed by atoms with Crippen LogP contribution in [-0.4, -0.2) is 38.2 Å². The van der Waals surface area contributed by atoms with Crippen LogP contribution in [0.25, 0.3) is 22.5 Å². The van der Waals surface area contributed by atoms with Crippen LogP contribution in [0.2, 0.25) is 0 Å². The van der Waals surface area contributed by atoms with Crippen molar-refractivity contribution in [3.63, 3.8) is 0 Å². The van der Waals surface area contributed by atoms with Crippen LogP contribution in [-0.2, 0) is 29.1 Å². The third-order valence-corrected chi connectivity index (χ3v) is 6.67. The molecule has 0 aliphatic carbocycles. The first-order chi connectivity index (χ1) is 15.6. The number of carbonyl (C=O) groups excluding carboxylic acids is 3. The standard InChI is InChI=1S/C25H22N4O3/c30-21-11-10-19(24(31)27-21)29-14-17-13-16(8-9-18(17)25(29)32)22-23(15-5-2-1-3-6-15)28-12-4-7-20(28)26-22/h1-3,5-6,8-9,13,19H,4,7,10-12,14H2,(H,27,30,31). The minimum absolute atomic E-state index is 0.156. The molecule has 160 valence electrons. The van der Waals surface area contributed by atoms with E-state index in [0.29, 0.717) is 18.5 Å². The minimum Gasteiger partial charge on any atom is -0.327 e. The van der Waals surface area contributed by atoms with Crippen molar-refractivity contribution in [1.82, 2.24) is 19.8 Å². The lowest BCUT2D eigenvalue weighted by Crippen LogP contribution is -2.52. The first kappa shape index (κ1) is 19.0. The molecule has 0 saturated carbocycles. The molecular formula is C25H22N4O3. The summed E-state index contributed by atoms with van der Waals surface area (Å²) in [5.41, 5.74) is 5.66. The molecule has 1 atom stereocenters. The highest BCUT2D eigenvalue weighted by molar-refractivity contribution is 6.05. The Morgan fingerprint density at radius 1 is 0.969 bits per heavy atom. The Morgan fingerprint density at radius 3 is 2.62 bits per heavy atom. The molecule has 0 bridgehead atoms. The number of imide groups is 1. The van der Waals surface area contributed by atoms with Gasteiger partial charge in [0, 0.05) is 42.6 Å². The quantitative estimate of drug-likeness (QED) is 0.653. The second-order valence-corrected chi connectivity index (χ2v) is 8.62. The minimum atomic E-state index is -0.604. The van der Waals surface area contributed by atoms with Gasteiger partial charge >= 0.3 is 0 Å². The van der Waals surface area contributed by atoms with Crippen LogP contribution in [0, 0.1) is 0 Å². The average Bonchev–Trinajstić information content (AvgIpc) is 3.47. The zero-order chi connectivity index (χ0) is 21.8.